The maximum atomic E-state index is 11.8. The number of esters is 1. The second kappa shape index (κ2) is 4.82. The topological polar surface area (TPSA) is 55.8 Å². The SMILES string of the molecule is COCC(C)(C)N1CC(C(=O)OC)CC1=O. The number of amides is 1. The maximum absolute atomic E-state index is 11.8. The van der Waals surface area contributed by atoms with Gasteiger partial charge in [-0.05, 0) is 13.8 Å². The Morgan fingerprint density at radius 1 is 1.50 bits per heavy atom. The summed E-state index contributed by atoms with van der Waals surface area (Å²) in [5.74, 6) is -0.671. The molecule has 0 spiro atoms. The van der Waals surface area contributed by atoms with Crippen LogP contribution in [0, 0.1) is 5.92 Å². The van der Waals surface area contributed by atoms with E-state index in [4.69, 9.17) is 4.74 Å². The highest BCUT2D eigenvalue weighted by Gasteiger charge is 2.41. The zero-order chi connectivity index (χ0) is 12.3. The van der Waals surface area contributed by atoms with Crippen molar-refractivity contribution >= 4 is 11.9 Å². The van der Waals surface area contributed by atoms with Crippen LogP contribution in [0.15, 0.2) is 0 Å². The highest BCUT2D eigenvalue weighted by Crippen LogP contribution is 2.26. The van der Waals surface area contributed by atoms with E-state index in [0.29, 0.717) is 13.2 Å². The van der Waals surface area contributed by atoms with Crippen molar-refractivity contribution < 1.29 is 19.1 Å². The van der Waals surface area contributed by atoms with Crippen molar-refractivity contribution in [3.8, 4) is 0 Å². The largest absolute Gasteiger partial charge is 0.469 e. The predicted octanol–water partition coefficient (Wildman–Crippen LogP) is 0.433. The summed E-state index contributed by atoms with van der Waals surface area (Å²) in [5, 5.41) is 0. The Labute approximate surface area is 95.7 Å². The van der Waals surface area contributed by atoms with Gasteiger partial charge in [0.1, 0.15) is 0 Å². The van der Waals surface area contributed by atoms with Gasteiger partial charge in [0.15, 0.2) is 0 Å². The molecular formula is C11H19NO4. The molecule has 92 valence electrons. The molecule has 0 saturated carbocycles. The Bertz CT molecular complexity index is 288. The highest BCUT2D eigenvalue weighted by molar-refractivity contribution is 5.87. The molecular weight excluding hydrogens is 210 g/mol. The number of carbonyl (C=O) groups is 2. The minimum absolute atomic E-state index is 0.0162. The zero-order valence-corrected chi connectivity index (χ0v) is 10.3. The summed E-state index contributed by atoms with van der Waals surface area (Å²) in [6.45, 7) is 4.72. The normalized spacial score (nSPS) is 21.4. The molecule has 1 saturated heterocycles. The van der Waals surface area contributed by atoms with Crippen LogP contribution < -0.4 is 0 Å². The van der Waals surface area contributed by atoms with Gasteiger partial charge in [0.25, 0.3) is 0 Å². The molecule has 0 aromatic heterocycles. The van der Waals surface area contributed by atoms with E-state index in [2.05, 4.69) is 4.74 Å². The van der Waals surface area contributed by atoms with Crippen molar-refractivity contribution in [2.75, 3.05) is 27.4 Å². The molecule has 0 aromatic rings. The lowest BCUT2D eigenvalue weighted by Crippen LogP contribution is -2.48. The zero-order valence-electron chi connectivity index (χ0n) is 10.3. The van der Waals surface area contributed by atoms with Crippen LogP contribution in [-0.2, 0) is 19.1 Å². The summed E-state index contributed by atoms with van der Waals surface area (Å²) in [6, 6.07) is 0. The second-order valence-corrected chi connectivity index (χ2v) is 4.67. The Kier molecular flexibility index (Phi) is 3.91. The monoisotopic (exact) mass is 229 g/mol. The molecule has 1 aliphatic rings. The van der Waals surface area contributed by atoms with E-state index in [1.165, 1.54) is 7.11 Å². The summed E-state index contributed by atoms with van der Waals surface area (Å²) in [5.41, 5.74) is -0.380. The third-order valence-electron chi connectivity index (χ3n) is 2.89. The van der Waals surface area contributed by atoms with Gasteiger partial charge < -0.3 is 14.4 Å². The second-order valence-electron chi connectivity index (χ2n) is 4.67. The fraction of sp³-hybridized carbons (Fsp3) is 0.818. The van der Waals surface area contributed by atoms with Crippen LogP contribution in [0.25, 0.3) is 0 Å². The summed E-state index contributed by atoms with van der Waals surface area (Å²) < 4.78 is 9.73. The summed E-state index contributed by atoms with van der Waals surface area (Å²) >= 11 is 0. The molecule has 1 rings (SSSR count). The highest BCUT2D eigenvalue weighted by atomic mass is 16.5. The van der Waals surface area contributed by atoms with Gasteiger partial charge in [0, 0.05) is 20.1 Å². The number of nitrogens with zero attached hydrogens (tertiary/aromatic N) is 1. The van der Waals surface area contributed by atoms with Gasteiger partial charge in [0.05, 0.1) is 25.2 Å². The molecule has 1 fully saturated rings. The summed E-state index contributed by atoms with van der Waals surface area (Å²) in [7, 11) is 2.94. The molecule has 5 nitrogen and oxygen atoms in total. The van der Waals surface area contributed by atoms with E-state index >= 15 is 0 Å². The van der Waals surface area contributed by atoms with E-state index in [1.54, 1.807) is 12.0 Å². The minimum Gasteiger partial charge on any atom is -0.469 e. The van der Waals surface area contributed by atoms with Crippen LogP contribution in [0.2, 0.25) is 0 Å². The van der Waals surface area contributed by atoms with Gasteiger partial charge in [-0.15, -0.1) is 0 Å². The summed E-state index contributed by atoms with van der Waals surface area (Å²) in [6.07, 6.45) is 0.236. The van der Waals surface area contributed by atoms with Gasteiger partial charge in [-0.3, -0.25) is 9.59 Å². The first kappa shape index (κ1) is 13.0. The lowest BCUT2D eigenvalue weighted by molar-refractivity contribution is -0.145. The first-order valence-electron chi connectivity index (χ1n) is 5.29. The van der Waals surface area contributed by atoms with Crippen LogP contribution in [0.5, 0.6) is 0 Å². The molecule has 1 amide bonds. The fourth-order valence-electron chi connectivity index (χ4n) is 2.05. The standard InChI is InChI=1S/C11H19NO4/c1-11(2,7-15-3)12-6-8(5-9(12)13)10(14)16-4/h8H,5-7H2,1-4H3. The average Bonchev–Trinajstić information content (AvgIpc) is 2.60. The number of hydrogen-bond acceptors (Lipinski definition) is 4. The molecule has 1 atom stereocenters. The van der Waals surface area contributed by atoms with E-state index < -0.39 is 0 Å². The first-order chi connectivity index (χ1) is 7.42. The van der Waals surface area contributed by atoms with Gasteiger partial charge in [0.2, 0.25) is 5.91 Å². The predicted molar refractivity (Wildman–Crippen MR) is 57.8 cm³/mol. The average molecular weight is 229 g/mol. The van der Waals surface area contributed by atoms with Crippen molar-refractivity contribution in [1.29, 1.82) is 0 Å². The molecule has 1 unspecified atom stereocenters. The van der Waals surface area contributed by atoms with Crippen molar-refractivity contribution in [2.24, 2.45) is 5.92 Å². The van der Waals surface area contributed by atoms with E-state index in [9.17, 15) is 9.59 Å². The lowest BCUT2D eigenvalue weighted by Gasteiger charge is -2.35. The maximum Gasteiger partial charge on any atom is 0.310 e. The van der Waals surface area contributed by atoms with Crippen LogP contribution in [0.1, 0.15) is 20.3 Å². The summed E-state index contributed by atoms with van der Waals surface area (Å²) in [4.78, 5) is 24.8. The molecule has 0 aliphatic carbocycles. The molecule has 0 bridgehead atoms. The quantitative estimate of drug-likeness (QED) is 0.656. The number of likely N-dealkylation sites (tertiary alicyclic amines) is 1. The third kappa shape index (κ3) is 2.52. The van der Waals surface area contributed by atoms with Crippen molar-refractivity contribution in [3.63, 3.8) is 0 Å². The Morgan fingerprint density at radius 3 is 2.62 bits per heavy atom. The fourth-order valence-corrected chi connectivity index (χ4v) is 2.05. The van der Waals surface area contributed by atoms with Gasteiger partial charge in [-0.1, -0.05) is 0 Å². The molecule has 0 N–H and O–H groups in total. The van der Waals surface area contributed by atoms with Crippen LogP contribution in [0.4, 0.5) is 0 Å². The Balaban J connectivity index is 2.71. The van der Waals surface area contributed by atoms with Gasteiger partial charge in [-0.25, -0.2) is 0 Å². The first-order valence-corrected chi connectivity index (χ1v) is 5.29. The molecule has 5 heteroatoms. The molecule has 1 heterocycles. The van der Waals surface area contributed by atoms with Crippen LogP contribution in [-0.4, -0.2) is 49.7 Å². The van der Waals surface area contributed by atoms with Crippen molar-refractivity contribution in [1.82, 2.24) is 4.90 Å². The number of carbonyl (C=O) groups excluding carboxylic acids is 2. The van der Waals surface area contributed by atoms with Gasteiger partial charge in [-0.2, -0.15) is 0 Å². The molecule has 0 aromatic carbocycles. The Morgan fingerprint density at radius 2 is 2.12 bits per heavy atom. The molecule has 1 aliphatic heterocycles. The number of methoxy groups -OCH3 is 2. The number of ether oxygens (including phenoxy) is 2. The Hall–Kier alpha value is -1.10. The third-order valence-corrected chi connectivity index (χ3v) is 2.89. The van der Waals surface area contributed by atoms with E-state index in [0.717, 1.165) is 0 Å². The van der Waals surface area contributed by atoms with Crippen molar-refractivity contribution in [3.05, 3.63) is 0 Å². The lowest BCUT2D eigenvalue weighted by atomic mass is 10.0. The molecule has 0 radical (unpaired) electrons. The van der Waals surface area contributed by atoms with E-state index in [1.807, 2.05) is 13.8 Å². The van der Waals surface area contributed by atoms with Crippen LogP contribution in [0.3, 0.4) is 0 Å². The molecule has 16 heavy (non-hydrogen) atoms. The van der Waals surface area contributed by atoms with Gasteiger partial charge >= 0.3 is 5.97 Å². The number of hydrogen-bond donors (Lipinski definition) is 0. The minimum atomic E-state index is -0.380. The number of rotatable bonds is 4. The van der Waals surface area contributed by atoms with Crippen LogP contribution >= 0.6 is 0 Å². The van der Waals surface area contributed by atoms with E-state index in [-0.39, 0.29) is 29.8 Å². The smallest absolute Gasteiger partial charge is 0.310 e. The van der Waals surface area contributed by atoms with Crippen molar-refractivity contribution in [2.45, 2.75) is 25.8 Å².